The molecule has 18 heavy (non-hydrogen) atoms. The van der Waals surface area contributed by atoms with E-state index in [1.807, 2.05) is 5.43 Å². The van der Waals surface area contributed by atoms with Crippen molar-refractivity contribution in [2.24, 2.45) is 17.6 Å². The summed E-state index contributed by atoms with van der Waals surface area (Å²) in [6.45, 7) is 0. The highest BCUT2D eigenvalue weighted by molar-refractivity contribution is 6.02. The number of nitrogens with one attached hydrogen (secondary N) is 3. The Morgan fingerprint density at radius 2 is 1.94 bits per heavy atom. The third-order valence-corrected chi connectivity index (χ3v) is 2.77. The van der Waals surface area contributed by atoms with Crippen molar-refractivity contribution >= 4 is 23.2 Å². The molecule has 1 aliphatic carbocycles. The summed E-state index contributed by atoms with van der Waals surface area (Å²) in [5, 5.41) is 2.75. The summed E-state index contributed by atoms with van der Waals surface area (Å²) in [5.41, 5.74) is 5.67. The Labute approximate surface area is 104 Å². The molecule has 0 saturated heterocycles. The lowest BCUT2D eigenvalue weighted by Crippen LogP contribution is -2.31. The van der Waals surface area contributed by atoms with Crippen LogP contribution in [0.2, 0.25) is 0 Å². The molecule has 1 aliphatic rings. The fraction of sp³-hybridized carbons (Fsp3) is 0.273. The van der Waals surface area contributed by atoms with E-state index in [9.17, 15) is 9.59 Å². The molecule has 7 N–H and O–H groups in total. The van der Waals surface area contributed by atoms with Crippen LogP contribution in [0, 0.1) is 5.92 Å². The smallest absolute Gasteiger partial charge is 0.267 e. The summed E-state index contributed by atoms with van der Waals surface area (Å²) in [7, 11) is 0. The number of nitrogen functional groups attached to an aromatic ring is 2. The number of carbonyl (C=O) groups excluding carboxylic acids is 2. The number of hydrogen-bond acceptors (Lipinski definition) is 5. The fourth-order valence-corrected chi connectivity index (χ4v) is 1.60. The first-order valence-corrected chi connectivity index (χ1v) is 5.58. The summed E-state index contributed by atoms with van der Waals surface area (Å²) in [5.74, 6) is 9.97. The maximum absolute atomic E-state index is 11.6. The Morgan fingerprint density at radius 1 is 1.22 bits per heavy atom. The number of amides is 2. The average Bonchev–Trinajstić information content (AvgIpc) is 3.22. The van der Waals surface area contributed by atoms with Gasteiger partial charge in [-0.3, -0.25) is 20.9 Å². The highest BCUT2D eigenvalue weighted by atomic mass is 16.2. The molecule has 0 spiro atoms. The normalized spacial score (nSPS) is 13.9. The molecule has 7 heteroatoms. The molecule has 0 radical (unpaired) electrons. The van der Waals surface area contributed by atoms with E-state index >= 15 is 0 Å². The Balaban J connectivity index is 2.21. The SMILES string of the molecule is NNC(=O)c1cc(NC(=O)C2CC2)ccc1NN. The van der Waals surface area contributed by atoms with Gasteiger partial charge in [-0.1, -0.05) is 0 Å². The highest BCUT2D eigenvalue weighted by Gasteiger charge is 2.29. The van der Waals surface area contributed by atoms with Crippen LogP contribution < -0.4 is 27.9 Å². The predicted molar refractivity (Wildman–Crippen MR) is 67.3 cm³/mol. The van der Waals surface area contributed by atoms with Crippen molar-refractivity contribution in [3.8, 4) is 0 Å². The van der Waals surface area contributed by atoms with E-state index in [0.29, 0.717) is 11.4 Å². The molecule has 1 fully saturated rings. The summed E-state index contributed by atoms with van der Waals surface area (Å²) in [6.07, 6.45) is 1.84. The molecule has 0 bridgehead atoms. The first kappa shape index (κ1) is 12.3. The van der Waals surface area contributed by atoms with E-state index in [-0.39, 0.29) is 17.4 Å². The lowest BCUT2D eigenvalue weighted by Gasteiger charge is -2.10. The monoisotopic (exact) mass is 249 g/mol. The second-order valence-corrected chi connectivity index (χ2v) is 4.14. The lowest BCUT2D eigenvalue weighted by atomic mass is 10.1. The van der Waals surface area contributed by atoms with Gasteiger partial charge in [-0.2, -0.15) is 0 Å². The molecule has 0 atom stereocenters. The molecule has 1 aromatic carbocycles. The number of benzene rings is 1. The molecule has 0 aromatic heterocycles. The minimum absolute atomic E-state index is 0.0254. The van der Waals surface area contributed by atoms with Crippen LogP contribution in [0.25, 0.3) is 0 Å². The topological polar surface area (TPSA) is 122 Å². The van der Waals surface area contributed by atoms with E-state index in [2.05, 4.69) is 10.7 Å². The quantitative estimate of drug-likeness (QED) is 0.290. The summed E-state index contributed by atoms with van der Waals surface area (Å²) >= 11 is 0. The Kier molecular flexibility index (Phi) is 3.45. The molecule has 0 aliphatic heterocycles. The first-order valence-electron chi connectivity index (χ1n) is 5.58. The molecule has 1 aromatic rings. The van der Waals surface area contributed by atoms with E-state index in [4.69, 9.17) is 11.7 Å². The van der Waals surface area contributed by atoms with Crippen molar-refractivity contribution in [3.63, 3.8) is 0 Å². The van der Waals surface area contributed by atoms with Crippen LogP contribution in [0.15, 0.2) is 18.2 Å². The van der Waals surface area contributed by atoms with Gasteiger partial charge in [-0.05, 0) is 31.0 Å². The van der Waals surface area contributed by atoms with Crippen molar-refractivity contribution in [2.75, 3.05) is 10.7 Å². The molecule has 0 heterocycles. The second-order valence-electron chi connectivity index (χ2n) is 4.14. The molecule has 7 nitrogen and oxygen atoms in total. The Hall–Kier alpha value is -2.12. The Bertz CT molecular complexity index is 484. The van der Waals surface area contributed by atoms with Gasteiger partial charge in [0.15, 0.2) is 0 Å². The zero-order chi connectivity index (χ0) is 13.1. The van der Waals surface area contributed by atoms with Crippen LogP contribution in [-0.4, -0.2) is 11.8 Å². The molecule has 0 unspecified atom stereocenters. The molecular weight excluding hydrogens is 234 g/mol. The number of anilines is 2. The number of hydrazine groups is 2. The first-order chi connectivity index (χ1) is 8.65. The maximum atomic E-state index is 11.6. The molecule has 2 amide bonds. The van der Waals surface area contributed by atoms with Gasteiger partial charge in [0.05, 0.1) is 11.3 Å². The van der Waals surface area contributed by atoms with Gasteiger partial charge in [0.2, 0.25) is 5.91 Å². The largest absolute Gasteiger partial charge is 0.326 e. The van der Waals surface area contributed by atoms with Gasteiger partial charge in [0, 0.05) is 11.6 Å². The molecule has 1 saturated carbocycles. The molecular formula is C11H15N5O2. The van der Waals surface area contributed by atoms with Gasteiger partial charge in [-0.25, -0.2) is 5.84 Å². The minimum atomic E-state index is -0.481. The van der Waals surface area contributed by atoms with E-state index in [1.54, 1.807) is 12.1 Å². The van der Waals surface area contributed by atoms with Crippen molar-refractivity contribution in [1.29, 1.82) is 0 Å². The summed E-state index contributed by atoms with van der Waals surface area (Å²) in [4.78, 5) is 23.1. The number of nitrogens with two attached hydrogens (primary N) is 2. The summed E-state index contributed by atoms with van der Waals surface area (Å²) < 4.78 is 0. The number of rotatable bonds is 4. The van der Waals surface area contributed by atoms with Crippen molar-refractivity contribution in [2.45, 2.75) is 12.8 Å². The number of carbonyl (C=O) groups is 2. The van der Waals surface area contributed by atoms with E-state index < -0.39 is 5.91 Å². The van der Waals surface area contributed by atoms with Crippen molar-refractivity contribution in [3.05, 3.63) is 23.8 Å². The van der Waals surface area contributed by atoms with Crippen molar-refractivity contribution in [1.82, 2.24) is 5.43 Å². The zero-order valence-electron chi connectivity index (χ0n) is 9.69. The highest BCUT2D eigenvalue weighted by Crippen LogP contribution is 2.30. The van der Waals surface area contributed by atoms with Crippen LogP contribution in [0.3, 0.4) is 0 Å². The van der Waals surface area contributed by atoms with Gasteiger partial charge in [0.1, 0.15) is 0 Å². The van der Waals surface area contributed by atoms with Gasteiger partial charge in [0.25, 0.3) is 5.91 Å². The van der Waals surface area contributed by atoms with Gasteiger partial charge >= 0.3 is 0 Å². The maximum Gasteiger partial charge on any atom is 0.267 e. The third-order valence-electron chi connectivity index (χ3n) is 2.77. The molecule has 2 rings (SSSR count). The van der Waals surface area contributed by atoms with Crippen LogP contribution >= 0.6 is 0 Å². The number of hydrogen-bond donors (Lipinski definition) is 5. The van der Waals surface area contributed by atoms with Crippen LogP contribution in [0.1, 0.15) is 23.2 Å². The van der Waals surface area contributed by atoms with Crippen LogP contribution in [-0.2, 0) is 4.79 Å². The van der Waals surface area contributed by atoms with Gasteiger partial charge < -0.3 is 10.7 Å². The predicted octanol–water partition coefficient (Wildman–Crippen LogP) is -0.0758. The third kappa shape index (κ3) is 2.58. The second kappa shape index (κ2) is 5.03. The molecule has 96 valence electrons. The van der Waals surface area contributed by atoms with E-state index in [0.717, 1.165) is 12.8 Å². The fourth-order valence-electron chi connectivity index (χ4n) is 1.60. The lowest BCUT2D eigenvalue weighted by molar-refractivity contribution is -0.117. The Morgan fingerprint density at radius 3 is 2.50 bits per heavy atom. The summed E-state index contributed by atoms with van der Waals surface area (Å²) in [6, 6.07) is 4.80. The van der Waals surface area contributed by atoms with Crippen LogP contribution in [0.5, 0.6) is 0 Å². The van der Waals surface area contributed by atoms with Gasteiger partial charge in [-0.15, -0.1) is 0 Å². The van der Waals surface area contributed by atoms with Crippen molar-refractivity contribution < 1.29 is 9.59 Å². The van der Waals surface area contributed by atoms with E-state index in [1.165, 1.54) is 6.07 Å². The van der Waals surface area contributed by atoms with Crippen LogP contribution in [0.4, 0.5) is 11.4 Å². The standard InChI is InChI=1S/C11H15N5O2/c12-15-9-4-3-7(5-8(9)11(18)16-13)14-10(17)6-1-2-6/h3-6,15H,1-2,12-13H2,(H,14,17)(H,16,18). The average molecular weight is 249 g/mol. The minimum Gasteiger partial charge on any atom is -0.326 e. The zero-order valence-corrected chi connectivity index (χ0v) is 9.69.